The Kier molecular flexibility index (Phi) is 6.12. The maximum atomic E-state index is 12.8. The molecule has 0 aromatic heterocycles. The molecule has 1 aliphatic rings. The Morgan fingerprint density at radius 1 is 1.07 bits per heavy atom. The first kappa shape index (κ1) is 19.0. The van der Waals surface area contributed by atoms with Crippen LogP contribution in [0.15, 0.2) is 48.5 Å². The van der Waals surface area contributed by atoms with Gasteiger partial charge in [0.2, 0.25) is 0 Å². The molecule has 0 saturated heterocycles. The van der Waals surface area contributed by atoms with E-state index >= 15 is 0 Å². The number of rotatable bonds is 4. The van der Waals surface area contributed by atoms with E-state index in [1.807, 2.05) is 36.9 Å². The molecule has 0 unspecified atom stereocenters. The monoisotopic (exact) mass is 365 g/mol. The average molecular weight is 365 g/mol. The van der Waals surface area contributed by atoms with Gasteiger partial charge in [-0.25, -0.2) is 4.79 Å². The number of carbonyl (C=O) groups is 2. The van der Waals surface area contributed by atoms with Crippen molar-refractivity contribution in [1.29, 1.82) is 0 Å². The van der Waals surface area contributed by atoms with E-state index in [4.69, 9.17) is 0 Å². The van der Waals surface area contributed by atoms with E-state index < -0.39 is 0 Å². The van der Waals surface area contributed by atoms with Crippen LogP contribution in [0.25, 0.3) is 0 Å². The Labute approximate surface area is 160 Å². The van der Waals surface area contributed by atoms with Crippen molar-refractivity contribution in [3.63, 3.8) is 0 Å². The fraction of sp³-hybridized carbons (Fsp3) is 0.364. The van der Waals surface area contributed by atoms with Gasteiger partial charge in [0.05, 0.1) is 0 Å². The van der Waals surface area contributed by atoms with E-state index in [9.17, 15) is 9.59 Å². The van der Waals surface area contributed by atoms with Crippen molar-refractivity contribution >= 4 is 23.3 Å². The second-order valence-electron chi connectivity index (χ2n) is 7.03. The lowest BCUT2D eigenvalue weighted by atomic mass is 10.1. The van der Waals surface area contributed by atoms with Crippen LogP contribution in [0, 0.1) is 0 Å². The predicted octanol–water partition coefficient (Wildman–Crippen LogP) is 4.59. The van der Waals surface area contributed by atoms with E-state index in [-0.39, 0.29) is 18.0 Å². The lowest BCUT2D eigenvalue weighted by Gasteiger charge is -2.23. The third-order valence-electron chi connectivity index (χ3n) is 4.99. The zero-order chi connectivity index (χ0) is 19.2. The van der Waals surface area contributed by atoms with E-state index in [1.54, 1.807) is 24.3 Å². The van der Waals surface area contributed by atoms with Crippen LogP contribution in [-0.2, 0) is 6.42 Å². The number of hydrogen-bond donors (Lipinski definition) is 2. The molecule has 0 spiro atoms. The molecular weight excluding hydrogens is 338 g/mol. The number of urea groups is 1. The molecule has 1 heterocycles. The predicted molar refractivity (Wildman–Crippen MR) is 109 cm³/mol. The van der Waals surface area contributed by atoms with Crippen molar-refractivity contribution in [2.45, 2.75) is 45.6 Å². The zero-order valence-electron chi connectivity index (χ0n) is 16.0. The molecule has 0 saturated carbocycles. The van der Waals surface area contributed by atoms with E-state index in [0.717, 1.165) is 31.4 Å². The van der Waals surface area contributed by atoms with Crippen LogP contribution in [0.2, 0.25) is 0 Å². The molecule has 2 aromatic rings. The highest BCUT2D eigenvalue weighted by Crippen LogP contribution is 2.26. The number of hydrogen-bond acceptors (Lipinski definition) is 2. The molecule has 0 bridgehead atoms. The molecule has 0 radical (unpaired) electrons. The van der Waals surface area contributed by atoms with Crippen LogP contribution in [0.1, 0.15) is 49.0 Å². The highest BCUT2D eigenvalue weighted by Gasteiger charge is 2.21. The van der Waals surface area contributed by atoms with Gasteiger partial charge in [-0.2, -0.15) is 0 Å². The lowest BCUT2D eigenvalue weighted by molar-refractivity contribution is 0.0939. The van der Waals surface area contributed by atoms with E-state index in [2.05, 4.69) is 16.7 Å². The van der Waals surface area contributed by atoms with Crippen LogP contribution in [0.4, 0.5) is 16.2 Å². The topological polar surface area (TPSA) is 61.4 Å². The summed E-state index contributed by atoms with van der Waals surface area (Å²) in [6.45, 7) is 4.72. The zero-order valence-corrected chi connectivity index (χ0v) is 16.0. The minimum Gasteiger partial charge on any atom is -0.350 e. The van der Waals surface area contributed by atoms with Gasteiger partial charge in [-0.05, 0) is 68.5 Å². The first-order valence-electron chi connectivity index (χ1n) is 9.66. The SMILES string of the molecule is CC[C@@H](C)NC(=O)c1ccc(NC(=O)N2CCCCc3ccccc32)cc1. The Hall–Kier alpha value is -2.82. The fourth-order valence-electron chi connectivity index (χ4n) is 3.21. The molecule has 2 aromatic carbocycles. The molecule has 5 heteroatoms. The fourth-order valence-corrected chi connectivity index (χ4v) is 3.21. The first-order valence-corrected chi connectivity index (χ1v) is 9.66. The molecule has 0 fully saturated rings. The summed E-state index contributed by atoms with van der Waals surface area (Å²) in [5.74, 6) is -0.0938. The number of nitrogens with one attached hydrogen (secondary N) is 2. The summed E-state index contributed by atoms with van der Waals surface area (Å²) in [6, 6.07) is 15.1. The van der Waals surface area contributed by atoms with Crippen molar-refractivity contribution in [3.8, 4) is 0 Å². The smallest absolute Gasteiger partial charge is 0.326 e. The van der Waals surface area contributed by atoms with E-state index in [1.165, 1.54) is 5.56 Å². The van der Waals surface area contributed by atoms with Gasteiger partial charge in [0, 0.05) is 29.5 Å². The van der Waals surface area contributed by atoms with Gasteiger partial charge < -0.3 is 10.6 Å². The molecule has 5 nitrogen and oxygen atoms in total. The van der Waals surface area contributed by atoms with Crippen molar-refractivity contribution in [2.24, 2.45) is 0 Å². The van der Waals surface area contributed by atoms with Gasteiger partial charge >= 0.3 is 6.03 Å². The molecule has 142 valence electrons. The highest BCUT2D eigenvalue weighted by atomic mass is 16.2. The second-order valence-corrected chi connectivity index (χ2v) is 7.03. The molecular formula is C22H27N3O2. The van der Waals surface area contributed by atoms with Crippen molar-refractivity contribution in [1.82, 2.24) is 5.32 Å². The van der Waals surface area contributed by atoms with Gasteiger partial charge in [-0.3, -0.25) is 9.69 Å². The summed E-state index contributed by atoms with van der Waals surface area (Å²) in [7, 11) is 0. The molecule has 3 rings (SSSR count). The van der Waals surface area contributed by atoms with Crippen LogP contribution >= 0.6 is 0 Å². The number of nitrogens with zero attached hydrogens (tertiary/aromatic N) is 1. The average Bonchev–Trinajstić information content (AvgIpc) is 2.91. The largest absolute Gasteiger partial charge is 0.350 e. The van der Waals surface area contributed by atoms with Crippen LogP contribution in [0.5, 0.6) is 0 Å². The maximum absolute atomic E-state index is 12.8. The third kappa shape index (κ3) is 4.67. The Balaban J connectivity index is 1.69. The van der Waals surface area contributed by atoms with Gasteiger partial charge in [0.25, 0.3) is 5.91 Å². The highest BCUT2D eigenvalue weighted by molar-refractivity contribution is 6.02. The lowest BCUT2D eigenvalue weighted by Crippen LogP contribution is -2.35. The number of carbonyl (C=O) groups excluding carboxylic acids is 2. The van der Waals surface area contributed by atoms with Gasteiger partial charge in [0.15, 0.2) is 0 Å². The summed E-state index contributed by atoms with van der Waals surface area (Å²) < 4.78 is 0. The number of aryl methyl sites for hydroxylation is 1. The number of anilines is 2. The molecule has 2 N–H and O–H groups in total. The normalized spacial score (nSPS) is 14.7. The summed E-state index contributed by atoms with van der Waals surface area (Å²) in [5.41, 5.74) is 3.47. The molecule has 0 aliphatic carbocycles. The van der Waals surface area contributed by atoms with Crippen molar-refractivity contribution < 1.29 is 9.59 Å². The van der Waals surface area contributed by atoms with Crippen molar-refractivity contribution in [3.05, 3.63) is 59.7 Å². The third-order valence-corrected chi connectivity index (χ3v) is 4.99. The van der Waals surface area contributed by atoms with Crippen LogP contribution < -0.4 is 15.5 Å². The van der Waals surface area contributed by atoms with Crippen LogP contribution in [-0.4, -0.2) is 24.5 Å². The van der Waals surface area contributed by atoms with Gasteiger partial charge in [-0.15, -0.1) is 0 Å². The number of para-hydroxylation sites is 1. The van der Waals surface area contributed by atoms with Crippen LogP contribution in [0.3, 0.4) is 0 Å². The first-order chi connectivity index (χ1) is 13.1. The summed E-state index contributed by atoms with van der Waals surface area (Å²) in [6.07, 6.45) is 3.95. The van der Waals surface area contributed by atoms with Gasteiger partial charge in [-0.1, -0.05) is 25.1 Å². The molecule has 1 aliphatic heterocycles. The maximum Gasteiger partial charge on any atom is 0.326 e. The minimum atomic E-state index is -0.138. The standard InChI is InChI=1S/C22H27N3O2/c1-3-16(2)23-21(26)18-11-13-19(14-12-18)24-22(27)25-15-7-6-9-17-8-4-5-10-20(17)25/h4-5,8,10-14,16H,3,6-7,9,15H2,1-2H3,(H,23,26)(H,24,27)/t16-/m1/s1. The second kappa shape index (κ2) is 8.71. The van der Waals surface area contributed by atoms with Crippen molar-refractivity contribution in [2.75, 3.05) is 16.8 Å². The Bertz CT molecular complexity index is 801. The molecule has 27 heavy (non-hydrogen) atoms. The van der Waals surface area contributed by atoms with E-state index in [0.29, 0.717) is 17.8 Å². The number of benzene rings is 2. The minimum absolute atomic E-state index is 0.0938. The quantitative estimate of drug-likeness (QED) is 0.832. The molecule has 3 amide bonds. The summed E-state index contributed by atoms with van der Waals surface area (Å²) in [5, 5.41) is 5.89. The summed E-state index contributed by atoms with van der Waals surface area (Å²) in [4.78, 5) is 26.8. The Morgan fingerprint density at radius 2 is 1.81 bits per heavy atom. The molecule has 1 atom stereocenters. The number of amides is 3. The Morgan fingerprint density at radius 3 is 2.56 bits per heavy atom. The number of fused-ring (bicyclic) bond motifs is 1. The summed E-state index contributed by atoms with van der Waals surface area (Å²) >= 11 is 0. The van der Waals surface area contributed by atoms with Gasteiger partial charge in [0.1, 0.15) is 0 Å².